The Morgan fingerprint density at radius 1 is 0.973 bits per heavy atom. The second-order valence-corrected chi connectivity index (χ2v) is 11.5. The molecule has 3 aliphatic rings. The number of aromatic carboxylic acids is 1. The van der Waals surface area contributed by atoms with Gasteiger partial charge in [0.15, 0.2) is 0 Å². The smallest absolute Gasteiger partial charge is 0.335 e. The lowest BCUT2D eigenvalue weighted by Crippen LogP contribution is -2.26. The molecular formula is C33H40N2O2. The highest BCUT2D eigenvalue weighted by molar-refractivity contribution is 6.02. The zero-order chi connectivity index (χ0) is 25.4. The highest BCUT2D eigenvalue weighted by atomic mass is 16.4. The lowest BCUT2D eigenvalue weighted by Gasteiger charge is -2.30. The normalized spacial score (nSPS) is 21.0. The lowest BCUT2D eigenvalue weighted by atomic mass is 9.75. The number of hydrogen-bond acceptors (Lipinski definition) is 2. The maximum absolute atomic E-state index is 11.7. The molecule has 37 heavy (non-hydrogen) atoms. The Balaban J connectivity index is 1.58. The summed E-state index contributed by atoms with van der Waals surface area (Å²) in [5, 5.41) is 14.6. The number of benzene rings is 2. The standard InChI is InChI=1S/C33H40N2O2/c1-22-20-25(33(36)37)13-14-26(22)31(24-8-3-2-4-9-24)27-10-5-6-19-35-21-30(23-15-17-34-18-16-23)29-12-7-11-28(27)32(29)35/h7,11-14,20-21,23-24,34H,2-6,8-10,15-19H2,1H3,(H,36,37)/b31-27+. The number of aromatic nitrogens is 1. The van der Waals surface area contributed by atoms with Crippen LogP contribution in [0, 0.1) is 12.8 Å². The molecule has 2 fully saturated rings. The summed E-state index contributed by atoms with van der Waals surface area (Å²) < 4.78 is 2.57. The van der Waals surface area contributed by atoms with Gasteiger partial charge in [0.05, 0.1) is 11.1 Å². The van der Waals surface area contributed by atoms with Gasteiger partial charge in [-0.2, -0.15) is 0 Å². The van der Waals surface area contributed by atoms with Crippen molar-refractivity contribution >= 4 is 28.0 Å². The highest BCUT2D eigenvalue weighted by Gasteiger charge is 2.28. The minimum atomic E-state index is -0.847. The molecule has 0 bridgehead atoms. The summed E-state index contributed by atoms with van der Waals surface area (Å²) in [6.45, 7) is 5.42. The number of hydrogen-bond donors (Lipinski definition) is 2. The molecule has 1 aliphatic carbocycles. The molecule has 2 N–H and O–H groups in total. The molecule has 3 heterocycles. The number of carbonyl (C=O) groups is 1. The molecule has 1 saturated carbocycles. The van der Waals surface area contributed by atoms with Crippen LogP contribution in [0.5, 0.6) is 0 Å². The second-order valence-electron chi connectivity index (χ2n) is 11.5. The SMILES string of the molecule is Cc1cc(C(=O)O)ccc1/C(=C1\CCCCn2cc(C3CCNCC3)c3cccc1c32)C1CCCCC1. The van der Waals surface area contributed by atoms with E-state index in [2.05, 4.69) is 47.3 Å². The maximum atomic E-state index is 11.7. The number of nitrogens with one attached hydrogen (secondary N) is 1. The molecule has 0 radical (unpaired) electrons. The van der Waals surface area contributed by atoms with Crippen LogP contribution in [0.15, 0.2) is 42.6 Å². The Morgan fingerprint density at radius 3 is 2.54 bits per heavy atom. The molecule has 4 heteroatoms. The molecule has 1 saturated heterocycles. The molecule has 194 valence electrons. The summed E-state index contributed by atoms with van der Waals surface area (Å²) in [5.74, 6) is 0.331. The zero-order valence-electron chi connectivity index (χ0n) is 22.2. The van der Waals surface area contributed by atoms with Gasteiger partial charge in [0.25, 0.3) is 0 Å². The minimum absolute atomic E-state index is 0.384. The average Bonchev–Trinajstić information content (AvgIpc) is 3.29. The Labute approximate surface area is 220 Å². The van der Waals surface area contributed by atoms with Crippen molar-refractivity contribution in [3.8, 4) is 0 Å². The van der Waals surface area contributed by atoms with E-state index in [0.29, 0.717) is 17.4 Å². The molecule has 1 aromatic heterocycles. The average molecular weight is 497 g/mol. The van der Waals surface area contributed by atoms with Gasteiger partial charge >= 0.3 is 5.97 Å². The van der Waals surface area contributed by atoms with Gasteiger partial charge in [0.2, 0.25) is 0 Å². The van der Waals surface area contributed by atoms with Gasteiger partial charge in [-0.05, 0) is 117 Å². The van der Waals surface area contributed by atoms with Crippen molar-refractivity contribution in [3.05, 3.63) is 70.4 Å². The fourth-order valence-electron chi connectivity index (χ4n) is 7.38. The first-order valence-electron chi connectivity index (χ1n) is 14.5. The molecular weight excluding hydrogens is 456 g/mol. The van der Waals surface area contributed by atoms with Gasteiger partial charge in [0.1, 0.15) is 0 Å². The number of allylic oxidation sites excluding steroid dienone is 2. The van der Waals surface area contributed by atoms with E-state index in [1.54, 1.807) is 5.56 Å². The van der Waals surface area contributed by atoms with E-state index in [1.807, 2.05) is 12.1 Å². The van der Waals surface area contributed by atoms with Crippen molar-refractivity contribution in [3.63, 3.8) is 0 Å². The van der Waals surface area contributed by atoms with E-state index in [4.69, 9.17) is 0 Å². The topological polar surface area (TPSA) is 54.3 Å². The third-order valence-electron chi connectivity index (χ3n) is 9.21. The first-order valence-corrected chi connectivity index (χ1v) is 14.5. The quantitative estimate of drug-likeness (QED) is 0.388. The molecule has 2 aliphatic heterocycles. The van der Waals surface area contributed by atoms with Crippen LogP contribution in [0.4, 0.5) is 0 Å². The van der Waals surface area contributed by atoms with Gasteiger partial charge < -0.3 is 15.0 Å². The van der Waals surface area contributed by atoms with Crippen LogP contribution in [-0.2, 0) is 6.54 Å². The summed E-state index contributed by atoms with van der Waals surface area (Å²) in [5.41, 5.74) is 10.1. The predicted molar refractivity (Wildman–Crippen MR) is 152 cm³/mol. The summed E-state index contributed by atoms with van der Waals surface area (Å²) in [6.07, 6.45) is 14.8. The number of carboxylic acid groups (broad SMARTS) is 1. The van der Waals surface area contributed by atoms with Crippen molar-refractivity contribution in [1.29, 1.82) is 0 Å². The summed E-state index contributed by atoms with van der Waals surface area (Å²) in [7, 11) is 0. The Hall–Kier alpha value is -2.85. The summed E-state index contributed by atoms with van der Waals surface area (Å²) >= 11 is 0. The number of aryl methyl sites for hydroxylation is 2. The van der Waals surface area contributed by atoms with Crippen molar-refractivity contribution in [2.45, 2.75) is 83.6 Å². The molecule has 0 amide bonds. The van der Waals surface area contributed by atoms with Crippen molar-refractivity contribution in [2.24, 2.45) is 5.92 Å². The number of rotatable bonds is 4. The molecule has 0 atom stereocenters. The van der Waals surface area contributed by atoms with Gasteiger partial charge in [-0.1, -0.05) is 43.5 Å². The van der Waals surface area contributed by atoms with E-state index >= 15 is 0 Å². The first-order chi connectivity index (χ1) is 18.1. The molecule has 6 rings (SSSR count). The molecule has 3 aromatic rings. The monoisotopic (exact) mass is 496 g/mol. The molecule has 0 unspecified atom stereocenters. The number of piperidine rings is 1. The van der Waals surface area contributed by atoms with Crippen LogP contribution >= 0.6 is 0 Å². The second kappa shape index (κ2) is 10.5. The van der Waals surface area contributed by atoms with Crippen LogP contribution in [0.2, 0.25) is 0 Å². The number of nitrogens with zero attached hydrogens (tertiary/aromatic N) is 1. The molecule has 4 nitrogen and oxygen atoms in total. The molecule has 2 aromatic carbocycles. The van der Waals surface area contributed by atoms with E-state index in [0.717, 1.165) is 31.6 Å². The van der Waals surface area contributed by atoms with Gasteiger partial charge in [-0.25, -0.2) is 4.79 Å². The van der Waals surface area contributed by atoms with Crippen molar-refractivity contribution in [1.82, 2.24) is 9.88 Å². The maximum Gasteiger partial charge on any atom is 0.335 e. The van der Waals surface area contributed by atoms with Gasteiger partial charge in [-0.15, -0.1) is 0 Å². The fourth-order valence-corrected chi connectivity index (χ4v) is 7.38. The summed E-state index contributed by atoms with van der Waals surface area (Å²) in [6, 6.07) is 12.8. The predicted octanol–water partition coefficient (Wildman–Crippen LogP) is 7.79. The summed E-state index contributed by atoms with van der Waals surface area (Å²) in [4.78, 5) is 11.7. The largest absolute Gasteiger partial charge is 0.478 e. The van der Waals surface area contributed by atoms with E-state index < -0.39 is 5.97 Å². The van der Waals surface area contributed by atoms with Crippen LogP contribution in [0.3, 0.4) is 0 Å². The lowest BCUT2D eigenvalue weighted by molar-refractivity contribution is 0.0696. The highest BCUT2D eigenvalue weighted by Crippen LogP contribution is 2.46. The Morgan fingerprint density at radius 2 is 1.78 bits per heavy atom. The number of carboxylic acids is 1. The van der Waals surface area contributed by atoms with Crippen molar-refractivity contribution in [2.75, 3.05) is 13.1 Å². The Kier molecular flexibility index (Phi) is 6.94. The molecule has 0 spiro atoms. The van der Waals surface area contributed by atoms with Gasteiger partial charge in [-0.3, -0.25) is 0 Å². The van der Waals surface area contributed by atoms with E-state index in [1.165, 1.54) is 91.0 Å². The minimum Gasteiger partial charge on any atom is -0.478 e. The van der Waals surface area contributed by atoms with Crippen LogP contribution in [-0.4, -0.2) is 28.7 Å². The van der Waals surface area contributed by atoms with E-state index in [9.17, 15) is 9.90 Å². The van der Waals surface area contributed by atoms with Crippen LogP contribution in [0.25, 0.3) is 22.0 Å². The Bertz CT molecular complexity index is 1340. The number of para-hydroxylation sites is 1. The van der Waals surface area contributed by atoms with Gasteiger partial charge in [0, 0.05) is 23.7 Å². The fraction of sp³-hybridized carbons (Fsp3) is 0.485. The van der Waals surface area contributed by atoms with Crippen LogP contribution < -0.4 is 5.32 Å². The third-order valence-corrected chi connectivity index (χ3v) is 9.21. The van der Waals surface area contributed by atoms with E-state index in [-0.39, 0.29) is 0 Å². The third kappa shape index (κ3) is 4.65. The van der Waals surface area contributed by atoms with Crippen molar-refractivity contribution < 1.29 is 9.90 Å². The first kappa shape index (κ1) is 24.5. The van der Waals surface area contributed by atoms with Crippen LogP contribution in [0.1, 0.15) is 103 Å². The zero-order valence-corrected chi connectivity index (χ0v) is 22.2.